The molecule has 148 valence electrons. The number of hydrogen-bond acceptors (Lipinski definition) is 4. The van der Waals surface area contributed by atoms with E-state index < -0.39 is 11.7 Å². The van der Waals surface area contributed by atoms with Crippen LogP contribution in [0.25, 0.3) is 33.5 Å². The molecule has 0 aliphatic heterocycles. The average molecular weight is 406 g/mol. The number of hydrogen-bond donors (Lipinski definition) is 0. The molecule has 0 N–H and O–H groups in total. The van der Waals surface area contributed by atoms with Crippen LogP contribution in [0.15, 0.2) is 83.3 Å². The van der Waals surface area contributed by atoms with Crippen LogP contribution in [0.1, 0.15) is 5.56 Å². The fraction of sp³-hybridized carbons (Fsp3) is 0.0435. The Labute approximate surface area is 168 Å². The minimum absolute atomic E-state index is 0.00397. The average Bonchev–Trinajstić information content (AvgIpc) is 3.13. The summed E-state index contributed by atoms with van der Waals surface area (Å²) in [6.07, 6.45) is -4.48. The normalized spacial score (nSPS) is 11.8. The number of fused-ring (bicyclic) bond motifs is 3. The number of alkyl halides is 3. The van der Waals surface area contributed by atoms with Crippen molar-refractivity contribution in [2.75, 3.05) is 0 Å². The summed E-state index contributed by atoms with van der Waals surface area (Å²) in [7, 11) is 0. The van der Waals surface area contributed by atoms with E-state index >= 15 is 0 Å². The Kier molecular flexibility index (Phi) is 4.17. The third kappa shape index (κ3) is 3.24. The molecule has 0 spiro atoms. The third-order valence-electron chi connectivity index (χ3n) is 4.60. The molecular formula is C23H13F3N2O2. The second-order valence-corrected chi connectivity index (χ2v) is 6.62. The summed E-state index contributed by atoms with van der Waals surface area (Å²) in [6, 6.07) is 21.2. The zero-order chi connectivity index (χ0) is 20.7. The number of para-hydroxylation sites is 1. The highest BCUT2D eigenvalue weighted by molar-refractivity contribution is 6.04. The second-order valence-electron chi connectivity index (χ2n) is 6.62. The quantitative estimate of drug-likeness (QED) is 0.329. The Balaban J connectivity index is 1.70. The smallest absolute Gasteiger partial charge is 0.416 e. The minimum atomic E-state index is -4.48. The van der Waals surface area contributed by atoms with Crippen molar-refractivity contribution < 1.29 is 22.3 Å². The van der Waals surface area contributed by atoms with Crippen LogP contribution in [-0.2, 0) is 6.18 Å². The number of nitrogens with zero attached hydrogens (tertiary/aromatic N) is 2. The van der Waals surface area contributed by atoms with Gasteiger partial charge < -0.3 is 9.15 Å². The molecule has 0 atom stereocenters. The number of furan rings is 1. The highest BCUT2D eigenvalue weighted by atomic mass is 19.4. The zero-order valence-corrected chi connectivity index (χ0v) is 15.4. The molecule has 0 saturated heterocycles. The highest BCUT2D eigenvalue weighted by Gasteiger charge is 2.31. The predicted molar refractivity (Wildman–Crippen MR) is 106 cm³/mol. The van der Waals surface area contributed by atoms with Gasteiger partial charge in [0.2, 0.25) is 5.58 Å². The minimum Gasteiger partial charge on any atom is -0.449 e. The maximum Gasteiger partial charge on any atom is 0.416 e. The van der Waals surface area contributed by atoms with E-state index in [0.29, 0.717) is 16.9 Å². The molecule has 0 amide bonds. The molecule has 7 heteroatoms. The van der Waals surface area contributed by atoms with Gasteiger partial charge in [0.15, 0.2) is 5.82 Å². The van der Waals surface area contributed by atoms with Crippen molar-refractivity contribution in [3.63, 3.8) is 0 Å². The van der Waals surface area contributed by atoms with Crippen LogP contribution in [0, 0.1) is 0 Å². The highest BCUT2D eigenvalue weighted by Crippen LogP contribution is 2.37. The van der Waals surface area contributed by atoms with E-state index in [1.165, 1.54) is 12.1 Å². The van der Waals surface area contributed by atoms with E-state index in [4.69, 9.17) is 9.15 Å². The fourth-order valence-electron chi connectivity index (χ4n) is 3.20. The van der Waals surface area contributed by atoms with Gasteiger partial charge in [-0.3, -0.25) is 0 Å². The molecule has 5 aromatic rings. The summed E-state index contributed by atoms with van der Waals surface area (Å²) >= 11 is 0. The number of aromatic nitrogens is 2. The molecule has 0 unspecified atom stereocenters. The van der Waals surface area contributed by atoms with Crippen LogP contribution in [0.3, 0.4) is 0 Å². The molecule has 2 heterocycles. The summed E-state index contributed by atoms with van der Waals surface area (Å²) < 4.78 is 50.9. The topological polar surface area (TPSA) is 48.2 Å². The van der Waals surface area contributed by atoms with E-state index in [1.54, 1.807) is 6.07 Å². The Morgan fingerprint density at radius 2 is 1.57 bits per heavy atom. The maximum absolute atomic E-state index is 13.1. The van der Waals surface area contributed by atoms with Crippen LogP contribution in [0.2, 0.25) is 0 Å². The fourth-order valence-corrected chi connectivity index (χ4v) is 3.20. The Morgan fingerprint density at radius 3 is 2.37 bits per heavy atom. The lowest BCUT2D eigenvalue weighted by Crippen LogP contribution is -2.04. The van der Waals surface area contributed by atoms with Gasteiger partial charge in [-0.15, -0.1) is 0 Å². The van der Waals surface area contributed by atoms with Gasteiger partial charge >= 0.3 is 6.18 Å². The van der Waals surface area contributed by atoms with Gasteiger partial charge in [0.1, 0.15) is 16.8 Å². The summed E-state index contributed by atoms with van der Waals surface area (Å²) in [5.74, 6) is 0.440. The summed E-state index contributed by atoms with van der Waals surface area (Å²) in [6.45, 7) is 0. The largest absolute Gasteiger partial charge is 0.449 e. The van der Waals surface area contributed by atoms with Crippen molar-refractivity contribution in [1.29, 1.82) is 0 Å². The first-order valence-corrected chi connectivity index (χ1v) is 9.09. The van der Waals surface area contributed by atoms with E-state index in [-0.39, 0.29) is 17.2 Å². The van der Waals surface area contributed by atoms with Crippen molar-refractivity contribution in [2.45, 2.75) is 6.18 Å². The van der Waals surface area contributed by atoms with Gasteiger partial charge in [-0.05, 0) is 30.3 Å². The SMILES string of the molecule is FC(F)(F)c1cccc(Oc2nc(-c3ccccc3)nc3c2oc2ccccc23)c1. The van der Waals surface area contributed by atoms with E-state index in [0.717, 1.165) is 23.1 Å². The van der Waals surface area contributed by atoms with E-state index in [9.17, 15) is 13.2 Å². The zero-order valence-electron chi connectivity index (χ0n) is 15.4. The van der Waals surface area contributed by atoms with Gasteiger partial charge in [0.25, 0.3) is 5.88 Å². The lowest BCUT2D eigenvalue weighted by molar-refractivity contribution is -0.137. The molecule has 0 aliphatic rings. The van der Waals surface area contributed by atoms with Crippen LogP contribution < -0.4 is 4.74 Å². The van der Waals surface area contributed by atoms with Gasteiger partial charge in [-0.25, -0.2) is 4.98 Å². The summed E-state index contributed by atoms with van der Waals surface area (Å²) in [5.41, 5.74) is 1.33. The van der Waals surface area contributed by atoms with Crippen molar-refractivity contribution in [3.05, 3.63) is 84.4 Å². The lowest BCUT2D eigenvalue weighted by atomic mass is 10.2. The van der Waals surface area contributed by atoms with Crippen molar-refractivity contribution >= 4 is 22.1 Å². The molecule has 2 aromatic heterocycles. The van der Waals surface area contributed by atoms with Gasteiger partial charge in [0.05, 0.1) is 5.56 Å². The van der Waals surface area contributed by atoms with Gasteiger partial charge in [-0.1, -0.05) is 48.5 Å². The molecule has 0 fully saturated rings. The van der Waals surface area contributed by atoms with Gasteiger partial charge in [-0.2, -0.15) is 18.2 Å². The molecule has 0 saturated carbocycles. The van der Waals surface area contributed by atoms with E-state index in [1.807, 2.05) is 48.5 Å². The number of halogens is 3. The van der Waals surface area contributed by atoms with Crippen LogP contribution in [0.4, 0.5) is 13.2 Å². The standard InChI is InChI=1S/C23H13F3N2O2/c24-23(25,26)15-9-6-10-16(13-15)29-22-20-19(17-11-4-5-12-18(17)30-20)27-21(28-22)14-7-2-1-3-8-14/h1-13H. The molecular weight excluding hydrogens is 393 g/mol. The number of benzene rings is 3. The van der Waals surface area contributed by atoms with Crippen LogP contribution in [-0.4, -0.2) is 9.97 Å². The molecule has 3 aromatic carbocycles. The maximum atomic E-state index is 13.1. The monoisotopic (exact) mass is 406 g/mol. The first kappa shape index (κ1) is 18.2. The van der Waals surface area contributed by atoms with Crippen molar-refractivity contribution in [1.82, 2.24) is 9.97 Å². The Hall–Kier alpha value is -3.87. The first-order chi connectivity index (χ1) is 14.5. The molecule has 4 nitrogen and oxygen atoms in total. The molecule has 0 bridgehead atoms. The van der Waals surface area contributed by atoms with Crippen molar-refractivity contribution in [3.8, 4) is 23.0 Å². The first-order valence-electron chi connectivity index (χ1n) is 9.09. The molecule has 30 heavy (non-hydrogen) atoms. The van der Waals surface area contributed by atoms with Crippen molar-refractivity contribution in [2.24, 2.45) is 0 Å². The third-order valence-corrected chi connectivity index (χ3v) is 4.60. The second kappa shape index (κ2) is 6.88. The Morgan fingerprint density at radius 1 is 0.800 bits per heavy atom. The number of ether oxygens (including phenoxy) is 1. The molecule has 0 radical (unpaired) electrons. The van der Waals surface area contributed by atoms with E-state index in [2.05, 4.69) is 9.97 Å². The van der Waals surface area contributed by atoms with Crippen LogP contribution in [0.5, 0.6) is 11.6 Å². The molecule has 5 rings (SSSR count). The number of rotatable bonds is 3. The summed E-state index contributed by atoms with van der Waals surface area (Å²) in [5, 5.41) is 0.765. The Bertz CT molecular complexity index is 1360. The lowest BCUT2D eigenvalue weighted by Gasteiger charge is -2.10. The molecule has 0 aliphatic carbocycles. The predicted octanol–water partition coefficient (Wildman–Crippen LogP) is 6.85. The van der Waals surface area contributed by atoms with Gasteiger partial charge in [0, 0.05) is 10.9 Å². The van der Waals surface area contributed by atoms with Crippen LogP contribution >= 0.6 is 0 Å². The summed E-state index contributed by atoms with van der Waals surface area (Å²) in [4.78, 5) is 9.07.